The SMILES string of the molecule is CCn1cc(C(=O)N(C[C@@H]2CC=CCC2)C[C@@H]2CCCO2)c(=O)c2cc(S(=O)(=O)N3C[C@H](C)C[C@@H](C)C3)ccc21. The predicted octanol–water partition coefficient (Wildman–Crippen LogP) is 4.67. The van der Waals surface area contributed by atoms with Gasteiger partial charge in [0.05, 0.1) is 16.5 Å². The number of allylic oxidation sites excluding steroid dienone is 2. The summed E-state index contributed by atoms with van der Waals surface area (Å²) >= 11 is 0. The molecule has 1 amide bonds. The monoisotopic (exact) mass is 569 g/mol. The Hall–Kier alpha value is -2.49. The molecule has 2 saturated heterocycles. The molecule has 3 aliphatic rings. The van der Waals surface area contributed by atoms with Gasteiger partial charge in [0, 0.05) is 50.9 Å². The number of nitrogens with zero attached hydrogens (tertiary/aromatic N) is 3. The van der Waals surface area contributed by atoms with E-state index in [1.807, 2.05) is 11.5 Å². The Morgan fingerprint density at radius 2 is 1.88 bits per heavy atom. The highest BCUT2D eigenvalue weighted by Crippen LogP contribution is 2.28. The minimum atomic E-state index is -3.77. The summed E-state index contributed by atoms with van der Waals surface area (Å²) in [5.74, 6) is 0.589. The van der Waals surface area contributed by atoms with Crippen LogP contribution < -0.4 is 5.43 Å². The van der Waals surface area contributed by atoms with Gasteiger partial charge in [0.2, 0.25) is 15.5 Å². The number of pyridine rings is 1. The van der Waals surface area contributed by atoms with Crippen molar-refractivity contribution < 1.29 is 17.9 Å². The van der Waals surface area contributed by atoms with Gasteiger partial charge in [0.1, 0.15) is 5.56 Å². The Bertz CT molecular complexity index is 1420. The second kappa shape index (κ2) is 12.2. The Morgan fingerprint density at radius 3 is 2.52 bits per heavy atom. The van der Waals surface area contributed by atoms with Gasteiger partial charge in [0.15, 0.2) is 0 Å². The van der Waals surface area contributed by atoms with Crippen molar-refractivity contribution in [1.29, 1.82) is 0 Å². The zero-order chi connectivity index (χ0) is 28.4. The van der Waals surface area contributed by atoms with Crippen LogP contribution in [0.1, 0.15) is 69.7 Å². The standard InChI is InChI=1S/C31H43N3O5S/c1-4-32-21-28(31(36)33(20-25-11-8-14-39-25)19-24-9-6-5-7-10-24)30(35)27-16-26(12-13-29(27)32)40(37,38)34-17-22(2)15-23(3)18-34/h5-6,12-13,16,21-25H,4,7-11,14-15,17-20H2,1-3H3/t22-,23-,24-,25+/m1/s1. The lowest BCUT2D eigenvalue weighted by Gasteiger charge is -2.34. The van der Waals surface area contributed by atoms with Gasteiger partial charge in [-0.05, 0) is 81.4 Å². The Balaban J connectivity index is 1.52. The Kier molecular flexibility index (Phi) is 8.83. The summed E-state index contributed by atoms with van der Waals surface area (Å²) in [6, 6.07) is 4.78. The van der Waals surface area contributed by atoms with Gasteiger partial charge in [-0.3, -0.25) is 9.59 Å². The summed E-state index contributed by atoms with van der Waals surface area (Å²) in [5, 5.41) is 0.268. The maximum Gasteiger partial charge on any atom is 0.259 e. The van der Waals surface area contributed by atoms with Crippen LogP contribution in [0.3, 0.4) is 0 Å². The average Bonchev–Trinajstić information content (AvgIpc) is 3.46. The van der Waals surface area contributed by atoms with Gasteiger partial charge in [-0.15, -0.1) is 0 Å². The first-order valence-electron chi connectivity index (χ1n) is 14.9. The van der Waals surface area contributed by atoms with E-state index in [4.69, 9.17) is 4.74 Å². The number of rotatable bonds is 8. The van der Waals surface area contributed by atoms with Gasteiger partial charge in [0.25, 0.3) is 5.91 Å². The highest BCUT2D eigenvalue weighted by atomic mass is 32.2. The first-order chi connectivity index (χ1) is 19.2. The van der Waals surface area contributed by atoms with Gasteiger partial charge in [-0.2, -0.15) is 4.31 Å². The number of piperidine rings is 1. The third-order valence-corrected chi connectivity index (χ3v) is 10.5. The highest BCUT2D eigenvalue weighted by Gasteiger charge is 2.33. The lowest BCUT2D eigenvalue weighted by atomic mass is 9.93. The van der Waals surface area contributed by atoms with Crippen LogP contribution in [0.15, 0.2) is 46.2 Å². The van der Waals surface area contributed by atoms with E-state index in [9.17, 15) is 18.0 Å². The van der Waals surface area contributed by atoms with Gasteiger partial charge >= 0.3 is 0 Å². The number of sulfonamides is 1. The van der Waals surface area contributed by atoms with E-state index in [1.165, 1.54) is 6.07 Å². The maximum absolute atomic E-state index is 14.1. The van der Waals surface area contributed by atoms with Crippen molar-refractivity contribution in [2.75, 3.05) is 32.8 Å². The molecule has 3 heterocycles. The van der Waals surface area contributed by atoms with Crippen molar-refractivity contribution >= 4 is 26.8 Å². The predicted molar refractivity (Wildman–Crippen MR) is 157 cm³/mol. The summed E-state index contributed by atoms with van der Waals surface area (Å²) in [7, 11) is -3.77. The molecule has 0 saturated carbocycles. The molecule has 2 fully saturated rings. The summed E-state index contributed by atoms with van der Waals surface area (Å²) in [6.45, 7) is 9.32. The number of ether oxygens (including phenoxy) is 1. The lowest BCUT2D eigenvalue weighted by Crippen LogP contribution is -2.43. The van der Waals surface area contributed by atoms with Crippen LogP contribution in [0.25, 0.3) is 10.9 Å². The van der Waals surface area contributed by atoms with E-state index in [0.717, 1.165) is 38.5 Å². The molecule has 5 rings (SSSR count). The molecule has 1 aliphatic carbocycles. The van der Waals surface area contributed by atoms with Crippen molar-refractivity contribution in [2.45, 2.75) is 76.8 Å². The number of amides is 1. The van der Waals surface area contributed by atoms with Crippen molar-refractivity contribution in [3.63, 3.8) is 0 Å². The third-order valence-electron chi connectivity index (χ3n) is 8.69. The average molecular weight is 570 g/mol. The van der Waals surface area contributed by atoms with E-state index in [-0.39, 0.29) is 39.7 Å². The zero-order valence-electron chi connectivity index (χ0n) is 24.0. The van der Waals surface area contributed by atoms with Crippen molar-refractivity contribution in [1.82, 2.24) is 13.8 Å². The van der Waals surface area contributed by atoms with Crippen LogP contribution in [0.2, 0.25) is 0 Å². The zero-order valence-corrected chi connectivity index (χ0v) is 24.9. The summed E-state index contributed by atoms with van der Waals surface area (Å²) in [5.41, 5.74) is 0.308. The normalized spacial score (nSPS) is 25.9. The van der Waals surface area contributed by atoms with Crippen LogP contribution in [-0.2, 0) is 21.3 Å². The number of hydrogen-bond acceptors (Lipinski definition) is 5. The fraction of sp³-hybridized carbons (Fsp3) is 0.613. The number of hydrogen-bond donors (Lipinski definition) is 0. The first kappa shape index (κ1) is 29.0. The van der Waals surface area contributed by atoms with Gasteiger partial charge in [-0.1, -0.05) is 26.0 Å². The minimum absolute atomic E-state index is 0.0250. The molecule has 1 aromatic carbocycles. The first-order valence-corrected chi connectivity index (χ1v) is 16.3. The van der Waals surface area contributed by atoms with E-state index < -0.39 is 15.5 Å². The van der Waals surface area contributed by atoms with Crippen LogP contribution in [0.4, 0.5) is 0 Å². The van der Waals surface area contributed by atoms with E-state index in [2.05, 4.69) is 26.0 Å². The van der Waals surface area contributed by atoms with Crippen molar-refractivity contribution in [2.24, 2.45) is 17.8 Å². The molecule has 2 aliphatic heterocycles. The molecule has 2 aromatic rings. The lowest BCUT2D eigenvalue weighted by molar-refractivity contribution is 0.0482. The Morgan fingerprint density at radius 1 is 1.10 bits per heavy atom. The largest absolute Gasteiger partial charge is 0.376 e. The molecule has 8 nitrogen and oxygen atoms in total. The topological polar surface area (TPSA) is 88.9 Å². The molecule has 0 unspecified atom stereocenters. The van der Waals surface area contributed by atoms with Crippen LogP contribution in [0.5, 0.6) is 0 Å². The molecule has 0 bridgehead atoms. The molecule has 9 heteroatoms. The number of aryl methyl sites for hydroxylation is 1. The molecule has 0 radical (unpaired) electrons. The number of carbonyl (C=O) groups is 1. The smallest absolute Gasteiger partial charge is 0.259 e. The molecule has 0 N–H and O–H groups in total. The Labute approximate surface area is 238 Å². The van der Waals surface area contributed by atoms with Crippen molar-refractivity contribution in [3.05, 3.63) is 52.3 Å². The van der Waals surface area contributed by atoms with Crippen LogP contribution in [0, 0.1) is 17.8 Å². The summed E-state index contributed by atoms with van der Waals surface area (Å²) in [6.07, 6.45) is 11.8. The molecule has 0 spiro atoms. The summed E-state index contributed by atoms with van der Waals surface area (Å²) in [4.78, 5) is 29.9. The second-order valence-corrected chi connectivity index (χ2v) is 14.0. The molecule has 1 aromatic heterocycles. The quantitative estimate of drug-likeness (QED) is 0.432. The number of benzene rings is 1. The highest BCUT2D eigenvalue weighted by molar-refractivity contribution is 7.89. The third kappa shape index (κ3) is 6.06. The van der Waals surface area contributed by atoms with E-state index in [1.54, 1.807) is 27.5 Å². The molecular formula is C31H43N3O5S. The minimum Gasteiger partial charge on any atom is -0.376 e. The molecule has 4 atom stereocenters. The fourth-order valence-corrected chi connectivity index (χ4v) is 8.39. The van der Waals surface area contributed by atoms with Crippen LogP contribution in [-0.4, -0.2) is 67.0 Å². The second-order valence-electron chi connectivity index (χ2n) is 12.1. The van der Waals surface area contributed by atoms with Gasteiger partial charge in [-0.25, -0.2) is 8.42 Å². The number of aromatic nitrogens is 1. The van der Waals surface area contributed by atoms with Crippen molar-refractivity contribution in [3.8, 4) is 0 Å². The maximum atomic E-state index is 14.1. The summed E-state index contributed by atoms with van der Waals surface area (Å²) < 4.78 is 36.6. The fourth-order valence-electron chi connectivity index (χ4n) is 6.68. The molecular weight excluding hydrogens is 526 g/mol. The number of carbonyl (C=O) groups excluding carboxylic acids is 1. The van der Waals surface area contributed by atoms with E-state index in [0.29, 0.717) is 50.8 Å². The molecule has 218 valence electrons. The van der Waals surface area contributed by atoms with Crippen LogP contribution >= 0.6 is 0 Å². The molecule has 40 heavy (non-hydrogen) atoms. The van der Waals surface area contributed by atoms with Gasteiger partial charge < -0.3 is 14.2 Å². The number of fused-ring (bicyclic) bond motifs is 1. The van der Waals surface area contributed by atoms with E-state index >= 15 is 0 Å².